The van der Waals surface area contributed by atoms with Crippen LogP contribution < -0.4 is 10.6 Å². The number of nitrogens with one attached hydrogen (secondary N) is 2. The van der Waals surface area contributed by atoms with Gasteiger partial charge in [-0.3, -0.25) is 15.1 Å². The summed E-state index contributed by atoms with van der Waals surface area (Å²) in [5.74, 6) is -0.0701. The first-order valence-corrected chi connectivity index (χ1v) is 9.95. The third-order valence-corrected chi connectivity index (χ3v) is 4.84. The van der Waals surface area contributed by atoms with Gasteiger partial charge < -0.3 is 15.1 Å². The van der Waals surface area contributed by atoms with Crippen molar-refractivity contribution >= 4 is 18.0 Å². The van der Waals surface area contributed by atoms with Crippen LogP contribution in [0.25, 0.3) is 0 Å². The molecule has 0 aromatic rings. The lowest BCUT2D eigenvalue weighted by atomic mass is 10.1. The quantitative estimate of drug-likeness (QED) is 0.483. The zero-order valence-electron chi connectivity index (χ0n) is 17.3. The highest BCUT2D eigenvalue weighted by Gasteiger charge is 2.20. The molecule has 26 heavy (non-hydrogen) atoms. The van der Waals surface area contributed by atoms with Gasteiger partial charge in [0.25, 0.3) is 5.91 Å². The molecule has 0 fully saturated rings. The fourth-order valence-electron chi connectivity index (χ4n) is 2.77. The van der Waals surface area contributed by atoms with Crippen molar-refractivity contribution in [2.24, 2.45) is 9.98 Å². The second-order valence-corrected chi connectivity index (χ2v) is 7.17. The Morgan fingerprint density at radius 3 is 2.54 bits per heavy atom. The van der Waals surface area contributed by atoms with Crippen LogP contribution in [-0.2, 0) is 4.79 Å². The van der Waals surface area contributed by atoms with Crippen molar-refractivity contribution in [3.05, 3.63) is 0 Å². The minimum Gasteiger partial charge on any atom is -0.351 e. The number of rotatable bonds is 13. The molecule has 7 nitrogen and oxygen atoms in total. The second-order valence-electron chi connectivity index (χ2n) is 7.17. The Hall–Kier alpha value is -1.31. The molecule has 150 valence electrons. The molecule has 7 heteroatoms. The van der Waals surface area contributed by atoms with Gasteiger partial charge in [0.15, 0.2) is 0 Å². The highest BCUT2D eigenvalue weighted by Crippen LogP contribution is 2.07. The van der Waals surface area contributed by atoms with Gasteiger partial charge in [0.2, 0.25) is 0 Å². The van der Waals surface area contributed by atoms with E-state index in [1.807, 2.05) is 0 Å². The van der Waals surface area contributed by atoms with E-state index in [9.17, 15) is 4.79 Å². The molecular formula is C19H38N6O. The van der Waals surface area contributed by atoms with E-state index in [1.54, 1.807) is 0 Å². The highest BCUT2D eigenvalue weighted by molar-refractivity contribution is 6.40. The van der Waals surface area contributed by atoms with Crippen LogP contribution in [0.4, 0.5) is 0 Å². The molecule has 0 saturated carbocycles. The molecule has 1 amide bonds. The molecule has 2 atom stereocenters. The van der Waals surface area contributed by atoms with Gasteiger partial charge in [-0.25, -0.2) is 4.99 Å². The van der Waals surface area contributed by atoms with Gasteiger partial charge >= 0.3 is 0 Å². The first-order chi connectivity index (χ1) is 12.5. The van der Waals surface area contributed by atoms with E-state index in [2.05, 4.69) is 65.3 Å². The summed E-state index contributed by atoms with van der Waals surface area (Å²) < 4.78 is 0. The predicted molar refractivity (Wildman–Crippen MR) is 110 cm³/mol. The minimum absolute atomic E-state index is 0.0571. The van der Waals surface area contributed by atoms with Gasteiger partial charge in [-0.1, -0.05) is 13.8 Å². The molecule has 1 heterocycles. The van der Waals surface area contributed by atoms with Crippen molar-refractivity contribution < 1.29 is 4.79 Å². The maximum absolute atomic E-state index is 12.3. The number of hydrogen-bond donors (Lipinski definition) is 2. The standard InChI is InChI=1S/C19H38N6O/c1-6-24(4)12-8-10-16(3)23-18-14-17(21-15-22-18)19(26)20-11-9-13-25(5)7-2/h15-16,18,23H,6-14H2,1-5H3,(H,20,26)/t16-,18?/m1/s1. The van der Waals surface area contributed by atoms with Crippen molar-refractivity contribution in [2.45, 2.75) is 58.7 Å². The van der Waals surface area contributed by atoms with E-state index in [1.165, 1.54) is 6.34 Å². The molecule has 2 N–H and O–H groups in total. The van der Waals surface area contributed by atoms with Gasteiger partial charge in [-0.15, -0.1) is 0 Å². The molecule has 0 aliphatic carbocycles. The summed E-state index contributed by atoms with van der Waals surface area (Å²) >= 11 is 0. The van der Waals surface area contributed by atoms with Gasteiger partial charge in [-0.2, -0.15) is 0 Å². The maximum Gasteiger partial charge on any atom is 0.265 e. The largest absolute Gasteiger partial charge is 0.351 e. The molecule has 1 aliphatic rings. The van der Waals surface area contributed by atoms with Crippen molar-refractivity contribution in [3.8, 4) is 0 Å². The van der Waals surface area contributed by atoms with E-state index < -0.39 is 0 Å². The first kappa shape index (κ1) is 22.7. The van der Waals surface area contributed by atoms with Crippen LogP contribution in [0.5, 0.6) is 0 Å². The lowest BCUT2D eigenvalue weighted by molar-refractivity contribution is -0.115. The Kier molecular flexibility index (Phi) is 11.3. The van der Waals surface area contributed by atoms with Crippen LogP contribution in [-0.4, -0.2) is 86.8 Å². The molecule has 0 spiro atoms. The van der Waals surface area contributed by atoms with Gasteiger partial charge in [0.1, 0.15) is 18.2 Å². The second kappa shape index (κ2) is 12.9. The average molecular weight is 367 g/mol. The molecule has 1 aliphatic heterocycles. The number of aliphatic imine (C=N–C) groups is 2. The Balaban J connectivity index is 2.27. The summed E-state index contributed by atoms with van der Waals surface area (Å²) in [6.07, 6.45) is 5.21. The molecule has 0 bridgehead atoms. The SMILES string of the molecule is CCN(C)CCCNC(=O)C1=NC=NC(N[C@H](C)CCCN(C)CC)C1. The van der Waals surface area contributed by atoms with Crippen molar-refractivity contribution in [1.82, 2.24) is 20.4 Å². The van der Waals surface area contributed by atoms with E-state index >= 15 is 0 Å². The van der Waals surface area contributed by atoms with E-state index in [-0.39, 0.29) is 12.1 Å². The van der Waals surface area contributed by atoms with Crippen molar-refractivity contribution in [2.75, 3.05) is 46.8 Å². The zero-order chi connectivity index (χ0) is 19.4. The smallest absolute Gasteiger partial charge is 0.265 e. The summed E-state index contributed by atoms with van der Waals surface area (Å²) in [5.41, 5.74) is 0.569. The maximum atomic E-state index is 12.3. The van der Waals surface area contributed by atoms with E-state index in [0.717, 1.165) is 45.4 Å². The molecule has 0 aromatic heterocycles. The number of carbonyl (C=O) groups excluding carboxylic acids is 1. The molecule has 0 aromatic carbocycles. The van der Waals surface area contributed by atoms with E-state index in [0.29, 0.717) is 24.7 Å². The third kappa shape index (κ3) is 9.40. The summed E-state index contributed by atoms with van der Waals surface area (Å²) in [4.78, 5) is 25.4. The van der Waals surface area contributed by atoms with Gasteiger partial charge in [0.05, 0.1) is 0 Å². The summed E-state index contributed by atoms with van der Waals surface area (Å²) in [6, 6.07) is 0.370. The Bertz CT molecular complexity index is 465. The monoisotopic (exact) mass is 366 g/mol. The van der Waals surface area contributed by atoms with Crippen LogP contribution >= 0.6 is 0 Å². The van der Waals surface area contributed by atoms with Crippen molar-refractivity contribution in [1.29, 1.82) is 0 Å². The van der Waals surface area contributed by atoms with Crippen LogP contribution in [0.2, 0.25) is 0 Å². The lowest BCUT2D eigenvalue weighted by Crippen LogP contribution is -2.42. The summed E-state index contributed by atoms with van der Waals surface area (Å²) in [7, 11) is 4.23. The molecular weight excluding hydrogens is 328 g/mol. The summed E-state index contributed by atoms with van der Waals surface area (Å²) in [6.45, 7) is 11.4. The molecule has 0 saturated heterocycles. The fourth-order valence-corrected chi connectivity index (χ4v) is 2.77. The third-order valence-electron chi connectivity index (χ3n) is 4.84. The van der Waals surface area contributed by atoms with E-state index in [4.69, 9.17) is 0 Å². The van der Waals surface area contributed by atoms with Crippen LogP contribution in [0.3, 0.4) is 0 Å². The van der Waals surface area contributed by atoms with Crippen LogP contribution in [0.1, 0.15) is 46.5 Å². The highest BCUT2D eigenvalue weighted by atomic mass is 16.1. The van der Waals surface area contributed by atoms with Gasteiger partial charge in [0, 0.05) is 19.0 Å². The number of nitrogens with zero attached hydrogens (tertiary/aromatic N) is 4. The Labute approximate surface area is 159 Å². The number of amides is 1. The molecule has 1 rings (SSSR count). The normalized spacial score (nSPS) is 18.3. The number of hydrogen-bond acceptors (Lipinski definition) is 6. The van der Waals surface area contributed by atoms with Crippen LogP contribution in [0, 0.1) is 0 Å². The fraction of sp³-hybridized carbons (Fsp3) is 0.842. The Morgan fingerprint density at radius 2 is 1.88 bits per heavy atom. The topological polar surface area (TPSA) is 72.3 Å². The number of carbonyl (C=O) groups is 1. The summed E-state index contributed by atoms with van der Waals surface area (Å²) in [5, 5.41) is 6.47. The molecule has 0 radical (unpaired) electrons. The predicted octanol–water partition coefficient (Wildman–Crippen LogP) is 1.35. The molecule has 1 unspecified atom stereocenters. The first-order valence-electron chi connectivity index (χ1n) is 9.95. The van der Waals surface area contributed by atoms with Crippen LogP contribution in [0.15, 0.2) is 9.98 Å². The zero-order valence-corrected chi connectivity index (χ0v) is 17.3. The average Bonchev–Trinajstić information content (AvgIpc) is 2.64. The van der Waals surface area contributed by atoms with Crippen molar-refractivity contribution in [3.63, 3.8) is 0 Å². The lowest BCUT2D eigenvalue weighted by Gasteiger charge is -2.23. The van der Waals surface area contributed by atoms with Gasteiger partial charge in [-0.05, 0) is 66.5 Å². The minimum atomic E-state index is -0.0701. The Morgan fingerprint density at radius 1 is 1.23 bits per heavy atom.